The third kappa shape index (κ3) is 6.15. The average molecular weight is 405 g/mol. The van der Waals surface area contributed by atoms with Crippen molar-refractivity contribution in [1.29, 1.82) is 0 Å². The van der Waals surface area contributed by atoms with Gasteiger partial charge < -0.3 is 10.6 Å². The van der Waals surface area contributed by atoms with Gasteiger partial charge in [-0.25, -0.2) is 4.39 Å². The van der Waals surface area contributed by atoms with E-state index in [9.17, 15) is 14.0 Å². The van der Waals surface area contributed by atoms with Crippen LogP contribution in [0.25, 0.3) is 6.08 Å². The lowest BCUT2D eigenvalue weighted by Gasteiger charge is -2.13. The third-order valence-corrected chi connectivity index (χ3v) is 4.21. The van der Waals surface area contributed by atoms with E-state index in [1.165, 1.54) is 18.2 Å². The van der Waals surface area contributed by atoms with E-state index in [1.807, 2.05) is 30.3 Å². The molecular formula is C19H18BrFN2O2. The highest BCUT2D eigenvalue weighted by Gasteiger charge is 2.14. The van der Waals surface area contributed by atoms with Crippen molar-refractivity contribution in [1.82, 2.24) is 10.6 Å². The molecular weight excluding hydrogens is 387 g/mol. The van der Waals surface area contributed by atoms with E-state index >= 15 is 0 Å². The molecule has 2 N–H and O–H groups in total. The van der Waals surface area contributed by atoms with E-state index in [2.05, 4.69) is 26.6 Å². The number of benzene rings is 2. The minimum atomic E-state index is -0.708. The van der Waals surface area contributed by atoms with Gasteiger partial charge >= 0.3 is 0 Å². The van der Waals surface area contributed by atoms with Crippen LogP contribution in [0.4, 0.5) is 4.39 Å². The Balaban J connectivity index is 1.84. The van der Waals surface area contributed by atoms with Crippen molar-refractivity contribution in [2.75, 3.05) is 0 Å². The normalized spacial score (nSPS) is 12.0. The molecule has 0 saturated carbocycles. The summed E-state index contributed by atoms with van der Waals surface area (Å²) in [6, 6.07) is 12.9. The van der Waals surface area contributed by atoms with Crippen molar-refractivity contribution >= 4 is 33.8 Å². The summed E-state index contributed by atoms with van der Waals surface area (Å²) in [6.45, 7) is 1.75. The van der Waals surface area contributed by atoms with Gasteiger partial charge in [-0.3, -0.25) is 9.59 Å². The number of hydrogen-bond acceptors (Lipinski definition) is 2. The lowest BCUT2D eigenvalue weighted by atomic mass is 10.2. The Hall–Kier alpha value is -2.47. The first-order valence-electron chi connectivity index (χ1n) is 7.71. The highest BCUT2D eigenvalue weighted by atomic mass is 79.9. The second-order valence-corrected chi connectivity index (χ2v) is 6.28. The topological polar surface area (TPSA) is 58.2 Å². The number of carbonyl (C=O) groups is 2. The molecule has 6 heteroatoms. The van der Waals surface area contributed by atoms with Crippen LogP contribution in [0.1, 0.15) is 18.1 Å². The van der Waals surface area contributed by atoms with Crippen molar-refractivity contribution in [2.24, 2.45) is 0 Å². The molecule has 0 spiro atoms. The Morgan fingerprint density at radius 3 is 2.64 bits per heavy atom. The lowest BCUT2D eigenvalue weighted by molar-refractivity contribution is -0.126. The van der Waals surface area contributed by atoms with Crippen LogP contribution in [-0.2, 0) is 16.1 Å². The van der Waals surface area contributed by atoms with Crippen LogP contribution in [0, 0.1) is 5.82 Å². The molecule has 25 heavy (non-hydrogen) atoms. The quantitative estimate of drug-likeness (QED) is 0.724. The molecule has 4 nitrogen and oxygen atoms in total. The fourth-order valence-corrected chi connectivity index (χ4v) is 2.46. The van der Waals surface area contributed by atoms with Gasteiger partial charge in [-0.2, -0.15) is 0 Å². The Morgan fingerprint density at radius 1 is 1.20 bits per heavy atom. The molecule has 0 aromatic heterocycles. The molecule has 2 aromatic rings. The molecule has 0 aliphatic carbocycles. The Kier molecular flexibility index (Phi) is 6.89. The van der Waals surface area contributed by atoms with Gasteiger partial charge in [0.15, 0.2) is 0 Å². The van der Waals surface area contributed by atoms with E-state index in [0.29, 0.717) is 10.0 Å². The number of halogens is 2. The van der Waals surface area contributed by atoms with Crippen molar-refractivity contribution in [3.63, 3.8) is 0 Å². The first kappa shape index (κ1) is 18.9. The molecule has 1 unspecified atom stereocenters. The SMILES string of the molecule is CC(NC(=O)/C=C/c1ccccc1)C(=O)NCc1cc(F)ccc1Br. The second-order valence-electron chi connectivity index (χ2n) is 5.43. The molecule has 0 fully saturated rings. The summed E-state index contributed by atoms with van der Waals surface area (Å²) >= 11 is 3.30. The highest BCUT2D eigenvalue weighted by Crippen LogP contribution is 2.17. The van der Waals surface area contributed by atoms with E-state index in [0.717, 1.165) is 5.56 Å². The first-order valence-corrected chi connectivity index (χ1v) is 8.50. The summed E-state index contributed by atoms with van der Waals surface area (Å²) in [7, 11) is 0. The molecule has 130 valence electrons. The summed E-state index contributed by atoms with van der Waals surface area (Å²) < 4.78 is 13.9. The van der Waals surface area contributed by atoms with E-state index < -0.39 is 6.04 Å². The maximum absolute atomic E-state index is 13.2. The second kappa shape index (κ2) is 9.13. The molecule has 1 atom stereocenters. The Labute approximate surface area is 154 Å². The van der Waals surface area contributed by atoms with Crippen LogP contribution < -0.4 is 10.6 Å². The molecule has 0 aliphatic heterocycles. The molecule has 0 bridgehead atoms. The summed E-state index contributed by atoms with van der Waals surface area (Å²) in [6.07, 6.45) is 3.05. The summed E-state index contributed by atoms with van der Waals surface area (Å²) in [5.41, 5.74) is 1.52. The summed E-state index contributed by atoms with van der Waals surface area (Å²) in [4.78, 5) is 23.9. The van der Waals surface area contributed by atoms with E-state index in [4.69, 9.17) is 0 Å². The fraction of sp³-hybridized carbons (Fsp3) is 0.158. The highest BCUT2D eigenvalue weighted by molar-refractivity contribution is 9.10. The minimum Gasteiger partial charge on any atom is -0.350 e. The third-order valence-electron chi connectivity index (χ3n) is 3.44. The molecule has 2 amide bonds. The van der Waals surface area contributed by atoms with Crippen molar-refractivity contribution < 1.29 is 14.0 Å². The van der Waals surface area contributed by atoms with Crippen molar-refractivity contribution in [3.05, 3.63) is 76.0 Å². The van der Waals surface area contributed by atoms with E-state index in [1.54, 1.807) is 19.1 Å². The first-order chi connectivity index (χ1) is 12.0. The Bertz CT molecular complexity index is 778. The van der Waals surface area contributed by atoms with Crippen LogP contribution >= 0.6 is 15.9 Å². The molecule has 0 aliphatic rings. The predicted molar refractivity (Wildman–Crippen MR) is 99.0 cm³/mol. The largest absolute Gasteiger partial charge is 0.350 e. The molecule has 2 rings (SSSR count). The average Bonchev–Trinajstić information content (AvgIpc) is 2.61. The van der Waals surface area contributed by atoms with Gasteiger partial charge in [0, 0.05) is 17.1 Å². The Morgan fingerprint density at radius 2 is 1.92 bits per heavy atom. The molecule has 2 aromatic carbocycles. The smallest absolute Gasteiger partial charge is 0.244 e. The fourth-order valence-electron chi connectivity index (χ4n) is 2.08. The van der Waals surface area contributed by atoms with Crippen LogP contribution in [0.5, 0.6) is 0 Å². The molecule has 0 radical (unpaired) electrons. The number of hydrogen-bond donors (Lipinski definition) is 2. The van der Waals surface area contributed by atoms with Crippen LogP contribution in [0.3, 0.4) is 0 Å². The van der Waals surface area contributed by atoms with Gasteiger partial charge in [0.25, 0.3) is 0 Å². The standard InChI is InChI=1S/C19H18BrFN2O2/c1-13(23-18(24)10-7-14-5-3-2-4-6-14)19(25)22-12-15-11-16(21)8-9-17(15)20/h2-11,13H,12H2,1H3,(H,22,25)(H,23,24)/b10-7+. The zero-order chi connectivity index (χ0) is 18.2. The zero-order valence-electron chi connectivity index (χ0n) is 13.6. The van der Waals surface area contributed by atoms with Gasteiger partial charge in [0.2, 0.25) is 11.8 Å². The summed E-state index contributed by atoms with van der Waals surface area (Å²) in [5, 5.41) is 5.26. The maximum atomic E-state index is 13.2. The monoisotopic (exact) mass is 404 g/mol. The van der Waals surface area contributed by atoms with Gasteiger partial charge in [-0.05, 0) is 42.3 Å². The summed E-state index contributed by atoms with van der Waals surface area (Å²) in [5.74, 6) is -1.09. The van der Waals surface area contributed by atoms with Gasteiger partial charge in [0.05, 0.1) is 0 Å². The molecule has 0 heterocycles. The van der Waals surface area contributed by atoms with Gasteiger partial charge in [-0.15, -0.1) is 0 Å². The number of nitrogens with one attached hydrogen (secondary N) is 2. The number of rotatable bonds is 6. The van der Waals surface area contributed by atoms with Crippen LogP contribution in [-0.4, -0.2) is 17.9 Å². The van der Waals surface area contributed by atoms with Crippen molar-refractivity contribution in [3.8, 4) is 0 Å². The van der Waals surface area contributed by atoms with Crippen LogP contribution in [0.2, 0.25) is 0 Å². The van der Waals surface area contributed by atoms with E-state index in [-0.39, 0.29) is 24.2 Å². The number of amides is 2. The lowest BCUT2D eigenvalue weighted by Crippen LogP contribution is -2.44. The van der Waals surface area contributed by atoms with Crippen LogP contribution in [0.15, 0.2) is 59.1 Å². The predicted octanol–water partition coefficient (Wildman–Crippen LogP) is 3.42. The molecule has 0 saturated heterocycles. The maximum Gasteiger partial charge on any atom is 0.244 e. The minimum absolute atomic E-state index is 0.164. The zero-order valence-corrected chi connectivity index (χ0v) is 15.2. The van der Waals surface area contributed by atoms with Crippen molar-refractivity contribution in [2.45, 2.75) is 19.5 Å². The van der Waals surface area contributed by atoms with Gasteiger partial charge in [-0.1, -0.05) is 46.3 Å². The number of carbonyl (C=O) groups excluding carboxylic acids is 2. The van der Waals surface area contributed by atoms with Gasteiger partial charge in [0.1, 0.15) is 11.9 Å².